The zero-order valence-electron chi connectivity index (χ0n) is 8.59. The first kappa shape index (κ1) is 10.0. The lowest BCUT2D eigenvalue weighted by Crippen LogP contribution is -1.83. The Balaban J connectivity index is 2.83. The molecule has 0 aliphatic rings. The van der Waals surface area contributed by atoms with Gasteiger partial charge in [-0.3, -0.25) is 0 Å². The van der Waals surface area contributed by atoms with Gasteiger partial charge < -0.3 is 0 Å². The van der Waals surface area contributed by atoms with Gasteiger partial charge in [-0.1, -0.05) is 56.7 Å². The molecule has 0 heteroatoms. The lowest BCUT2D eigenvalue weighted by atomic mass is 10.0. The van der Waals surface area contributed by atoms with Gasteiger partial charge in [-0.2, -0.15) is 0 Å². The van der Waals surface area contributed by atoms with Crippen molar-refractivity contribution in [3.05, 3.63) is 42.0 Å². The third-order valence-electron chi connectivity index (χ3n) is 2.11. The Morgan fingerprint density at radius 2 is 1.85 bits per heavy atom. The van der Waals surface area contributed by atoms with E-state index in [-0.39, 0.29) is 0 Å². The van der Waals surface area contributed by atoms with Crippen LogP contribution in [-0.4, -0.2) is 0 Å². The van der Waals surface area contributed by atoms with Gasteiger partial charge in [0.2, 0.25) is 0 Å². The van der Waals surface area contributed by atoms with Crippen LogP contribution >= 0.6 is 0 Å². The third-order valence-corrected chi connectivity index (χ3v) is 2.11. The van der Waals surface area contributed by atoms with E-state index in [0.717, 1.165) is 6.42 Å². The van der Waals surface area contributed by atoms with E-state index < -0.39 is 0 Å². The van der Waals surface area contributed by atoms with Crippen molar-refractivity contribution in [1.29, 1.82) is 0 Å². The minimum absolute atomic E-state index is 1.13. The predicted octanol–water partition coefficient (Wildman–Crippen LogP) is 4.28. The van der Waals surface area contributed by atoms with E-state index in [1.807, 2.05) is 0 Å². The van der Waals surface area contributed by atoms with Crippen molar-refractivity contribution in [2.45, 2.75) is 33.1 Å². The van der Waals surface area contributed by atoms with Gasteiger partial charge in [0.25, 0.3) is 0 Å². The van der Waals surface area contributed by atoms with E-state index in [2.05, 4.69) is 50.3 Å². The lowest BCUT2D eigenvalue weighted by molar-refractivity contribution is 0.967. The first-order valence-corrected chi connectivity index (χ1v) is 5.13. The maximum absolute atomic E-state index is 2.33. The summed E-state index contributed by atoms with van der Waals surface area (Å²) in [5.74, 6) is 0. The van der Waals surface area contributed by atoms with Crippen molar-refractivity contribution in [2.75, 3.05) is 0 Å². The van der Waals surface area contributed by atoms with Gasteiger partial charge in [0.05, 0.1) is 0 Å². The van der Waals surface area contributed by atoms with Crippen LogP contribution in [0.3, 0.4) is 0 Å². The van der Waals surface area contributed by atoms with Gasteiger partial charge in [0, 0.05) is 0 Å². The van der Waals surface area contributed by atoms with Gasteiger partial charge in [-0.25, -0.2) is 0 Å². The number of rotatable bonds is 4. The second kappa shape index (κ2) is 5.58. The predicted molar refractivity (Wildman–Crippen MR) is 59.6 cm³/mol. The van der Waals surface area contributed by atoms with Crippen molar-refractivity contribution < 1.29 is 0 Å². The maximum atomic E-state index is 2.33. The molecule has 0 unspecified atom stereocenters. The summed E-state index contributed by atoms with van der Waals surface area (Å²) in [6.45, 7) is 4.42. The number of allylic oxidation sites excluding steroid dienone is 2. The third kappa shape index (κ3) is 3.06. The molecule has 0 nitrogen and oxygen atoms in total. The molecule has 0 radical (unpaired) electrons. The zero-order valence-corrected chi connectivity index (χ0v) is 8.59. The zero-order chi connectivity index (χ0) is 9.52. The van der Waals surface area contributed by atoms with Crippen molar-refractivity contribution in [3.8, 4) is 0 Å². The van der Waals surface area contributed by atoms with Crippen LogP contribution in [0.5, 0.6) is 0 Å². The molecule has 0 spiro atoms. The molecule has 0 heterocycles. The molecule has 0 saturated heterocycles. The SMILES string of the molecule is CC/C=C(/CCC)c1ccccc1. The minimum Gasteiger partial charge on any atom is -0.0810 e. The summed E-state index contributed by atoms with van der Waals surface area (Å²) < 4.78 is 0. The Labute approximate surface area is 81.3 Å². The molecular weight excluding hydrogens is 156 g/mol. The Hall–Kier alpha value is -1.04. The molecule has 1 rings (SSSR count). The van der Waals surface area contributed by atoms with Gasteiger partial charge in [0.1, 0.15) is 0 Å². The van der Waals surface area contributed by atoms with Gasteiger partial charge in [-0.05, 0) is 24.0 Å². The summed E-state index contributed by atoms with van der Waals surface area (Å²) in [6.07, 6.45) is 5.88. The molecule has 0 aliphatic carbocycles. The Morgan fingerprint density at radius 1 is 1.15 bits per heavy atom. The van der Waals surface area contributed by atoms with Crippen molar-refractivity contribution in [2.24, 2.45) is 0 Å². The summed E-state index contributed by atoms with van der Waals surface area (Å²) in [7, 11) is 0. The summed E-state index contributed by atoms with van der Waals surface area (Å²) in [6, 6.07) is 10.7. The molecule has 0 atom stereocenters. The molecule has 0 saturated carbocycles. The molecule has 1 aromatic rings. The smallest absolute Gasteiger partial charge is 0.0228 e. The molecule has 0 aliphatic heterocycles. The lowest BCUT2D eigenvalue weighted by Gasteiger charge is -2.05. The van der Waals surface area contributed by atoms with Crippen LogP contribution in [0.4, 0.5) is 0 Å². The molecule has 0 amide bonds. The quantitative estimate of drug-likeness (QED) is 0.639. The van der Waals surface area contributed by atoms with Crippen molar-refractivity contribution in [3.63, 3.8) is 0 Å². The van der Waals surface area contributed by atoms with Gasteiger partial charge in [0.15, 0.2) is 0 Å². The monoisotopic (exact) mass is 174 g/mol. The summed E-state index contributed by atoms with van der Waals surface area (Å²) in [5.41, 5.74) is 2.87. The minimum atomic E-state index is 1.13. The average Bonchev–Trinajstić information content (AvgIpc) is 2.19. The largest absolute Gasteiger partial charge is 0.0810 e. The fraction of sp³-hybridized carbons (Fsp3) is 0.385. The van der Waals surface area contributed by atoms with Crippen LogP contribution in [0.15, 0.2) is 36.4 Å². The molecule has 70 valence electrons. The highest BCUT2D eigenvalue weighted by atomic mass is 14.0. The van der Waals surface area contributed by atoms with Crippen LogP contribution in [0.25, 0.3) is 5.57 Å². The van der Waals surface area contributed by atoms with Crippen LogP contribution < -0.4 is 0 Å². The van der Waals surface area contributed by atoms with Gasteiger partial charge in [-0.15, -0.1) is 0 Å². The first-order valence-electron chi connectivity index (χ1n) is 5.13. The number of hydrogen-bond acceptors (Lipinski definition) is 0. The highest BCUT2D eigenvalue weighted by Crippen LogP contribution is 2.19. The fourth-order valence-electron chi connectivity index (χ4n) is 1.53. The molecule has 13 heavy (non-hydrogen) atoms. The number of benzene rings is 1. The van der Waals surface area contributed by atoms with E-state index in [1.54, 1.807) is 0 Å². The fourth-order valence-corrected chi connectivity index (χ4v) is 1.53. The topological polar surface area (TPSA) is 0 Å². The van der Waals surface area contributed by atoms with Crippen LogP contribution in [0.2, 0.25) is 0 Å². The van der Waals surface area contributed by atoms with Crippen LogP contribution in [0.1, 0.15) is 38.7 Å². The number of hydrogen-bond donors (Lipinski definition) is 0. The van der Waals surface area contributed by atoms with E-state index in [1.165, 1.54) is 24.0 Å². The Kier molecular flexibility index (Phi) is 4.31. The van der Waals surface area contributed by atoms with Crippen molar-refractivity contribution in [1.82, 2.24) is 0 Å². The summed E-state index contributed by atoms with van der Waals surface area (Å²) in [5, 5.41) is 0. The average molecular weight is 174 g/mol. The van der Waals surface area contributed by atoms with E-state index in [0.29, 0.717) is 0 Å². The Bertz CT molecular complexity index is 257. The Morgan fingerprint density at radius 3 is 2.38 bits per heavy atom. The molecule has 0 N–H and O–H groups in total. The normalized spacial score (nSPS) is 11.7. The second-order valence-electron chi connectivity index (χ2n) is 3.25. The first-order chi connectivity index (χ1) is 6.38. The van der Waals surface area contributed by atoms with E-state index in [4.69, 9.17) is 0 Å². The highest BCUT2D eigenvalue weighted by Gasteiger charge is 1.97. The van der Waals surface area contributed by atoms with Crippen LogP contribution in [-0.2, 0) is 0 Å². The molecule has 0 fully saturated rings. The highest BCUT2D eigenvalue weighted by molar-refractivity contribution is 5.65. The second-order valence-corrected chi connectivity index (χ2v) is 3.25. The molecule has 1 aromatic carbocycles. The van der Waals surface area contributed by atoms with E-state index >= 15 is 0 Å². The maximum Gasteiger partial charge on any atom is -0.0228 e. The van der Waals surface area contributed by atoms with Gasteiger partial charge >= 0.3 is 0 Å². The summed E-state index contributed by atoms with van der Waals surface area (Å²) in [4.78, 5) is 0. The standard InChI is InChI=1S/C13H18/c1-3-8-12(9-4-2)13-10-6-5-7-11-13/h5-8,10-11H,3-4,9H2,1-2H3/b12-8-. The van der Waals surface area contributed by atoms with E-state index in [9.17, 15) is 0 Å². The molecular formula is C13H18. The molecule has 0 aromatic heterocycles. The van der Waals surface area contributed by atoms with Crippen molar-refractivity contribution >= 4 is 5.57 Å². The van der Waals surface area contributed by atoms with Crippen LogP contribution in [0, 0.1) is 0 Å². The summed E-state index contributed by atoms with van der Waals surface area (Å²) >= 11 is 0. The molecule has 0 bridgehead atoms.